The highest BCUT2D eigenvalue weighted by molar-refractivity contribution is 5.77. The highest BCUT2D eigenvalue weighted by atomic mass is 16.6. The zero-order valence-electron chi connectivity index (χ0n) is 14.1. The van der Waals surface area contributed by atoms with Crippen LogP contribution in [0.5, 0.6) is 11.5 Å². The van der Waals surface area contributed by atoms with Crippen LogP contribution in [0.3, 0.4) is 0 Å². The maximum Gasteiger partial charge on any atom is 0.269 e. The number of hydrogen-bond acceptors (Lipinski definition) is 4. The van der Waals surface area contributed by atoms with E-state index in [1.807, 2.05) is 0 Å². The molecule has 106 valence electrons. The van der Waals surface area contributed by atoms with E-state index < -0.39 is 11.9 Å². The summed E-state index contributed by atoms with van der Waals surface area (Å²) >= 11 is 0. The van der Waals surface area contributed by atoms with Gasteiger partial charge in [-0.2, -0.15) is 0 Å². The van der Waals surface area contributed by atoms with Gasteiger partial charge in [0, 0.05) is 29.3 Å². The minimum Gasteiger partial charge on any atom is -0.457 e. The predicted molar refractivity (Wildman–Crippen MR) is 78.6 cm³/mol. The van der Waals surface area contributed by atoms with E-state index in [1.165, 1.54) is 24.5 Å². The maximum atomic E-state index is 10.8. The molecule has 6 heteroatoms. The van der Waals surface area contributed by atoms with Crippen molar-refractivity contribution < 1.29 is 13.8 Å². The van der Waals surface area contributed by atoms with Crippen LogP contribution in [0.4, 0.5) is 5.69 Å². The molecule has 0 unspecified atom stereocenters. The van der Waals surface area contributed by atoms with Gasteiger partial charge in [-0.15, -0.1) is 0 Å². The zero-order chi connectivity index (χ0) is 17.5. The summed E-state index contributed by atoms with van der Waals surface area (Å²) in [6, 6.07) is 9.19. The Labute approximate surface area is 125 Å². The van der Waals surface area contributed by atoms with Gasteiger partial charge in [0.25, 0.3) is 5.69 Å². The summed E-state index contributed by atoms with van der Waals surface area (Å²) in [7, 11) is 0. The fourth-order valence-electron chi connectivity index (χ4n) is 2.04. The van der Waals surface area contributed by atoms with Crippen molar-refractivity contribution in [1.29, 1.82) is 0 Å². The topological polar surface area (TPSA) is 70.2 Å². The van der Waals surface area contributed by atoms with Crippen molar-refractivity contribution in [1.82, 2.24) is 9.55 Å². The number of imidazole rings is 1. The standard InChI is InChI=1S/C15H13N3O3/c1-10-7-11(18(19)20)3-6-15(10)21-12-4-5-14-13(8-12)16-9-17(14)2/h3-9H,1-2H3/i2D3. The predicted octanol–water partition coefficient (Wildman–Crippen LogP) is 3.58. The third-order valence-corrected chi connectivity index (χ3v) is 3.12. The summed E-state index contributed by atoms with van der Waals surface area (Å²) in [6.45, 7) is -0.587. The number of aryl methyl sites for hydroxylation is 2. The first-order chi connectivity index (χ1) is 11.3. The molecule has 0 amide bonds. The molecule has 1 aromatic heterocycles. The van der Waals surface area contributed by atoms with E-state index in [0.717, 1.165) is 4.57 Å². The van der Waals surface area contributed by atoms with Gasteiger partial charge in [0.1, 0.15) is 11.5 Å². The second-order valence-corrected chi connectivity index (χ2v) is 4.57. The van der Waals surface area contributed by atoms with Crippen molar-refractivity contribution in [2.24, 2.45) is 6.98 Å². The highest BCUT2D eigenvalue weighted by Crippen LogP contribution is 2.29. The molecule has 21 heavy (non-hydrogen) atoms. The van der Waals surface area contributed by atoms with Gasteiger partial charge in [-0.1, -0.05) is 0 Å². The van der Waals surface area contributed by atoms with Crippen LogP contribution in [0, 0.1) is 17.0 Å². The van der Waals surface area contributed by atoms with E-state index in [1.54, 1.807) is 25.1 Å². The Morgan fingerprint density at radius 1 is 1.33 bits per heavy atom. The van der Waals surface area contributed by atoms with Crippen molar-refractivity contribution in [2.45, 2.75) is 6.92 Å². The highest BCUT2D eigenvalue weighted by Gasteiger charge is 2.10. The monoisotopic (exact) mass is 286 g/mol. The first-order valence-corrected chi connectivity index (χ1v) is 6.16. The molecule has 6 nitrogen and oxygen atoms in total. The van der Waals surface area contributed by atoms with Gasteiger partial charge in [-0.25, -0.2) is 4.98 Å². The lowest BCUT2D eigenvalue weighted by molar-refractivity contribution is -0.384. The average molecular weight is 286 g/mol. The van der Waals surface area contributed by atoms with Gasteiger partial charge >= 0.3 is 0 Å². The molecule has 0 spiro atoms. The van der Waals surface area contributed by atoms with E-state index in [4.69, 9.17) is 8.85 Å². The van der Waals surface area contributed by atoms with E-state index >= 15 is 0 Å². The molecule has 0 bridgehead atoms. The Morgan fingerprint density at radius 2 is 2.19 bits per heavy atom. The van der Waals surface area contributed by atoms with Crippen LogP contribution < -0.4 is 4.74 Å². The van der Waals surface area contributed by atoms with Crippen LogP contribution in [0.25, 0.3) is 11.0 Å². The second-order valence-electron chi connectivity index (χ2n) is 4.57. The summed E-state index contributed by atoms with van der Waals surface area (Å²) in [5.74, 6) is 0.949. The van der Waals surface area contributed by atoms with Crippen LogP contribution in [0.1, 0.15) is 9.68 Å². The molecule has 0 atom stereocenters. The molecule has 0 N–H and O–H groups in total. The van der Waals surface area contributed by atoms with Gasteiger partial charge in [-0.05, 0) is 30.7 Å². The van der Waals surface area contributed by atoms with Crippen LogP contribution >= 0.6 is 0 Å². The van der Waals surface area contributed by atoms with Gasteiger partial charge in [0.2, 0.25) is 0 Å². The SMILES string of the molecule is [2H]C([2H])([2H])n1cnc2cc(Oc3ccc([N+](=O)[O-])cc3C)ccc21. The summed E-state index contributed by atoms with van der Waals surface area (Å²) in [4.78, 5) is 14.4. The molecule has 0 saturated carbocycles. The number of fused-ring (bicyclic) bond motifs is 1. The molecule has 0 fully saturated rings. The average Bonchev–Trinajstić information content (AvgIpc) is 2.92. The molecule has 0 aliphatic carbocycles. The van der Waals surface area contributed by atoms with Crippen molar-refractivity contribution in [2.75, 3.05) is 0 Å². The molecule has 0 radical (unpaired) electrons. The van der Waals surface area contributed by atoms with Gasteiger partial charge in [0.15, 0.2) is 0 Å². The first kappa shape index (κ1) is 9.93. The fourth-order valence-corrected chi connectivity index (χ4v) is 2.04. The van der Waals surface area contributed by atoms with Crippen LogP contribution in [0.2, 0.25) is 0 Å². The number of nitrogens with zero attached hydrogens (tertiary/aromatic N) is 3. The number of benzene rings is 2. The molecule has 3 rings (SSSR count). The zero-order valence-corrected chi connectivity index (χ0v) is 11.1. The van der Waals surface area contributed by atoms with Crippen LogP contribution in [-0.2, 0) is 6.98 Å². The molecule has 2 aromatic carbocycles. The van der Waals surface area contributed by atoms with Gasteiger partial charge < -0.3 is 9.30 Å². The fraction of sp³-hybridized carbons (Fsp3) is 0.133. The Morgan fingerprint density at radius 3 is 2.90 bits per heavy atom. The Bertz CT molecular complexity index is 935. The number of rotatable bonds is 3. The lowest BCUT2D eigenvalue weighted by Crippen LogP contribution is -1.92. The maximum absolute atomic E-state index is 10.8. The molecule has 0 aliphatic heterocycles. The minimum absolute atomic E-state index is 0.00766. The Balaban J connectivity index is 1.93. The third-order valence-electron chi connectivity index (χ3n) is 3.12. The van der Waals surface area contributed by atoms with Crippen molar-refractivity contribution in [3.05, 3.63) is 58.4 Å². The molecule has 3 aromatic rings. The third kappa shape index (κ3) is 2.43. The quantitative estimate of drug-likeness (QED) is 0.545. The summed E-state index contributed by atoms with van der Waals surface area (Å²) in [6.07, 6.45) is 1.26. The van der Waals surface area contributed by atoms with Gasteiger partial charge in [-0.3, -0.25) is 10.1 Å². The lowest BCUT2D eigenvalue weighted by atomic mass is 10.2. The molecule has 1 heterocycles. The summed E-state index contributed by atoms with van der Waals surface area (Å²) in [5, 5.41) is 10.8. The van der Waals surface area contributed by atoms with Gasteiger partial charge in [0.05, 0.1) is 22.3 Å². The molecular formula is C15H13N3O3. The summed E-state index contributed by atoms with van der Waals surface area (Å²) < 4.78 is 29.2. The number of nitro benzene ring substituents is 1. The minimum atomic E-state index is -2.30. The normalized spacial score (nSPS) is 13.5. The Kier molecular flexibility index (Phi) is 2.32. The smallest absolute Gasteiger partial charge is 0.269 e. The summed E-state index contributed by atoms with van der Waals surface area (Å²) in [5.41, 5.74) is 1.58. The second kappa shape index (κ2) is 4.90. The lowest BCUT2D eigenvalue weighted by Gasteiger charge is -2.08. The number of nitro groups is 1. The van der Waals surface area contributed by atoms with E-state index in [0.29, 0.717) is 28.1 Å². The van der Waals surface area contributed by atoms with Crippen LogP contribution in [0.15, 0.2) is 42.7 Å². The molecule has 0 aliphatic rings. The van der Waals surface area contributed by atoms with Crippen molar-refractivity contribution >= 4 is 16.7 Å². The number of hydrogen-bond donors (Lipinski definition) is 0. The van der Waals surface area contributed by atoms with Crippen LogP contribution in [-0.4, -0.2) is 14.5 Å². The molecule has 0 saturated heterocycles. The first-order valence-electron chi connectivity index (χ1n) is 7.66. The molecular weight excluding hydrogens is 270 g/mol. The number of ether oxygens (including phenoxy) is 1. The van der Waals surface area contributed by atoms with E-state index in [2.05, 4.69) is 4.98 Å². The van der Waals surface area contributed by atoms with E-state index in [-0.39, 0.29) is 5.69 Å². The van der Waals surface area contributed by atoms with E-state index in [9.17, 15) is 10.1 Å². The Hall–Kier alpha value is -2.89. The van der Waals surface area contributed by atoms with Crippen molar-refractivity contribution in [3.63, 3.8) is 0 Å². The van der Waals surface area contributed by atoms with Crippen molar-refractivity contribution in [3.8, 4) is 11.5 Å². The largest absolute Gasteiger partial charge is 0.457 e. The number of non-ortho nitro benzene ring substituents is 1. The number of aromatic nitrogens is 2.